The number of aromatic nitrogens is 2. The molecule has 258 valence electrons. The molecule has 0 radical (unpaired) electrons. The van der Waals surface area contributed by atoms with E-state index in [4.69, 9.17) is 14.5 Å². The average molecular weight is 657 g/mol. The second-order valence-corrected chi connectivity index (χ2v) is 14.6. The van der Waals surface area contributed by atoms with Gasteiger partial charge in [-0.1, -0.05) is 115 Å². The first-order valence-corrected chi connectivity index (χ1v) is 18.4. The number of ether oxygens (including phenoxy) is 2. The molecule has 5 rings (SSSR count). The maximum absolute atomic E-state index is 6.34. The van der Waals surface area contributed by atoms with Gasteiger partial charge in [-0.25, -0.2) is 4.98 Å². The highest BCUT2D eigenvalue weighted by Gasteiger charge is 2.22. The van der Waals surface area contributed by atoms with Crippen LogP contribution < -0.4 is 9.47 Å². The molecule has 49 heavy (non-hydrogen) atoms. The summed E-state index contributed by atoms with van der Waals surface area (Å²) < 4.78 is 15.0. The van der Waals surface area contributed by atoms with Crippen LogP contribution >= 0.6 is 0 Å². The summed E-state index contributed by atoms with van der Waals surface area (Å²) in [7, 11) is 0. The van der Waals surface area contributed by atoms with Crippen LogP contribution in [0.15, 0.2) is 109 Å². The lowest BCUT2D eigenvalue weighted by Gasteiger charge is -2.24. The molecule has 4 aromatic carbocycles. The van der Waals surface area contributed by atoms with Gasteiger partial charge >= 0.3 is 0 Å². The zero-order valence-corrected chi connectivity index (χ0v) is 30.6. The molecule has 0 fully saturated rings. The lowest BCUT2D eigenvalue weighted by Crippen LogP contribution is -2.21. The van der Waals surface area contributed by atoms with Crippen LogP contribution in [0.5, 0.6) is 11.5 Å². The second kappa shape index (κ2) is 17.4. The lowest BCUT2D eigenvalue weighted by atomic mass is 9.89. The van der Waals surface area contributed by atoms with E-state index in [0.717, 1.165) is 85.8 Å². The van der Waals surface area contributed by atoms with E-state index >= 15 is 0 Å². The van der Waals surface area contributed by atoms with Gasteiger partial charge in [0, 0.05) is 23.6 Å². The zero-order valence-electron chi connectivity index (χ0n) is 30.6. The van der Waals surface area contributed by atoms with E-state index in [9.17, 15) is 0 Å². The van der Waals surface area contributed by atoms with Gasteiger partial charge in [-0.3, -0.25) is 0 Å². The molecule has 0 saturated heterocycles. The molecule has 0 N–H and O–H groups in total. The minimum Gasteiger partial charge on any atom is -0.494 e. The fraction of sp³-hybridized carbons (Fsp3) is 0.400. The smallest absolute Gasteiger partial charge is 0.119 e. The fourth-order valence-electron chi connectivity index (χ4n) is 6.74. The highest BCUT2D eigenvalue weighted by Crippen LogP contribution is 2.33. The van der Waals surface area contributed by atoms with Crippen molar-refractivity contribution in [3.05, 3.63) is 132 Å². The molecule has 0 aliphatic rings. The molecule has 0 spiro atoms. The number of imidazole rings is 1. The molecule has 1 heterocycles. The number of nitrogens with zero attached hydrogens (tertiary/aromatic N) is 2. The Labute approximate surface area is 295 Å². The first kappa shape index (κ1) is 36.0. The summed E-state index contributed by atoms with van der Waals surface area (Å²) >= 11 is 0. The Morgan fingerprint density at radius 2 is 1.31 bits per heavy atom. The van der Waals surface area contributed by atoms with Gasteiger partial charge in [0.15, 0.2) is 0 Å². The Bertz CT molecular complexity index is 1650. The third-order valence-corrected chi connectivity index (χ3v) is 9.26. The molecule has 0 aliphatic carbocycles. The van der Waals surface area contributed by atoms with Crippen molar-refractivity contribution in [2.45, 2.75) is 92.4 Å². The number of rotatable bonds is 18. The molecule has 0 amide bonds. The monoisotopic (exact) mass is 656 g/mol. The quantitative estimate of drug-likeness (QED) is 0.0941. The van der Waals surface area contributed by atoms with E-state index in [-0.39, 0.29) is 5.41 Å². The normalized spacial score (nSPS) is 11.8. The van der Waals surface area contributed by atoms with E-state index in [2.05, 4.69) is 155 Å². The summed E-state index contributed by atoms with van der Waals surface area (Å²) in [6.45, 7) is 14.9. The van der Waals surface area contributed by atoms with Crippen LogP contribution in [-0.4, -0.2) is 22.8 Å². The van der Waals surface area contributed by atoms with Crippen LogP contribution in [0.4, 0.5) is 0 Å². The molecule has 0 unspecified atom stereocenters. The summed E-state index contributed by atoms with van der Waals surface area (Å²) in [5.41, 5.74) is 7.43. The summed E-state index contributed by atoms with van der Waals surface area (Å²) in [4.78, 5) is 5.33. The van der Waals surface area contributed by atoms with Crippen molar-refractivity contribution in [3.8, 4) is 28.4 Å². The second-order valence-electron chi connectivity index (χ2n) is 14.6. The topological polar surface area (TPSA) is 36.3 Å². The molecule has 1 aromatic heterocycles. The molecule has 4 nitrogen and oxygen atoms in total. The van der Waals surface area contributed by atoms with Gasteiger partial charge in [0.25, 0.3) is 0 Å². The molecule has 5 aromatic rings. The first-order valence-electron chi connectivity index (χ1n) is 18.4. The van der Waals surface area contributed by atoms with Crippen molar-refractivity contribution in [3.63, 3.8) is 0 Å². The minimum atomic E-state index is 0.164. The third kappa shape index (κ3) is 9.88. The van der Waals surface area contributed by atoms with Gasteiger partial charge in [0.2, 0.25) is 0 Å². The van der Waals surface area contributed by atoms with Crippen LogP contribution in [0, 0.1) is 11.3 Å². The van der Waals surface area contributed by atoms with E-state index in [1.54, 1.807) is 0 Å². The molecular formula is C45H56N2O2. The van der Waals surface area contributed by atoms with Crippen molar-refractivity contribution >= 4 is 0 Å². The van der Waals surface area contributed by atoms with Crippen molar-refractivity contribution in [1.29, 1.82) is 0 Å². The van der Waals surface area contributed by atoms with Crippen molar-refractivity contribution < 1.29 is 9.47 Å². The third-order valence-electron chi connectivity index (χ3n) is 9.26. The van der Waals surface area contributed by atoms with Crippen molar-refractivity contribution in [1.82, 2.24) is 9.55 Å². The largest absolute Gasteiger partial charge is 0.494 e. The van der Waals surface area contributed by atoms with Gasteiger partial charge in [-0.05, 0) is 96.7 Å². The summed E-state index contributed by atoms with van der Waals surface area (Å²) in [5, 5.41) is 0. The fourth-order valence-corrected chi connectivity index (χ4v) is 6.74. The maximum Gasteiger partial charge on any atom is 0.119 e. The number of unbranched alkanes of at least 4 members (excludes halogenated alkanes) is 1. The van der Waals surface area contributed by atoms with Crippen LogP contribution in [0.25, 0.3) is 16.9 Å². The van der Waals surface area contributed by atoms with Crippen molar-refractivity contribution in [2.75, 3.05) is 13.2 Å². The van der Waals surface area contributed by atoms with Crippen LogP contribution in [-0.2, 0) is 12.8 Å². The summed E-state index contributed by atoms with van der Waals surface area (Å²) in [6.07, 6.45) is 7.34. The van der Waals surface area contributed by atoms with Gasteiger partial charge in [-0.2, -0.15) is 0 Å². The van der Waals surface area contributed by atoms with Gasteiger partial charge in [0.1, 0.15) is 17.3 Å². The summed E-state index contributed by atoms with van der Waals surface area (Å²) in [5.74, 6) is 3.70. The Kier molecular flexibility index (Phi) is 12.8. The molecule has 4 heteroatoms. The molecule has 0 atom stereocenters. The van der Waals surface area contributed by atoms with Crippen molar-refractivity contribution in [2.24, 2.45) is 11.3 Å². The minimum absolute atomic E-state index is 0.164. The maximum atomic E-state index is 6.34. The standard InChI is InChI=1S/C45H56N2O2/c1-7-9-20-42-44(46-43(32-34(3)4)47(42)38-23-27-40(28-24-38)49-33-45(5,6)30-8-2)37-21-25-39(26-22-37)48-31-29-41(35-16-12-10-13-17-35)36-18-14-11-15-19-36/h10-19,21-28,34,41H,7-9,20,29-33H2,1-6H3. The van der Waals surface area contributed by atoms with Gasteiger partial charge in [0.05, 0.1) is 24.6 Å². The predicted octanol–water partition coefficient (Wildman–Crippen LogP) is 11.9. The predicted molar refractivity (Wildman–Crippen MR) is 205 cm³/mol. The Hall–Kier alpha value is -4.31. The number of hydrogen-bond acceptors (Lipinski definition) is 3. The van der Waals surface area contributed by atoms with Gasteiger partial charge < -0.3 is 14.0 Å². The molecule has 0 saturated carbocycles. The summed E-state index contributed by atoms with van der Waals surface area (Å²) in [6, 6.07) is 38.7. The molecule has 0 aliphatic heterocycles. The molecular weight excluding hydrogens is 601 g/mol. The van der Waals surface area contributed by atoms with Crippen LogP contribution in [0.3, 0.4) is 0 Å². The SMILES string of the molecule is CCCCc1c(-c2ccc(OCCC(c3ccccc3)c3ccccc3)cc2)nc(CC(C)C)n1-c1ccc(OCC(C)(C)CCC)cc1. The van der Waals surface area contributed by atoms with Crippen LogP contribution in [0.1, 0.15) is 102 Å². The lowest BCUT2D eigenvalue weighted by molar-refractivity contribution is 0.169. The van der Waals surface area contributed by atoms with Gasteiger partial charge in [-0.15, -0.1) is 0 Å². The molecule has 0 bridgehead atoms. The first-order chi connectivity index (χ1) is 23.8. The van der Waals surface area contributed by atoms with E-state index in [1.165, 1.54) is 16.8 Å². The highest BCUT2D eigenvalue weighted by molar-refractivity contribution is 5.65. The van der Waals surface area contributed by atoms with E-state index < -0.39 is 0 Å². The van der Waals surface area contributed by atoms with Crippen LogP contribution in [0.2, 0.25) is 0 Å². The number of hydrogen-bond donors (Lipinski definition) is 0. The van der Waals surface area contributed by atoms with E-state index in [0.29, 0.717) is 18.4 Å². The van der Waals surface area contributed by atoms with E-state index in [1.807, 2.05) is 0 Å². The Balaban J connectivity index is 1.36. The number of benzene rings is 4. The average Bonchev–Trinajstić information content (AvgIpc) is 3.46. The Morgan fingerprint density at radius 1 is 0.714 bits per heavy atom. The zero-order chi connectivity index (χ0) is 34.6. The highest BCUT2D eigenvalue weighted by atomic mass is 16.5. The Morgan fingerprint density at radius 3 is 1.88 bits per heavy atom.